The van der Waals surface area contributed by atoms with Crippen LogP contribution < -0.4 is 4.74 Å². The fourth-order valence-corrected chi connectivity index (χ4v) is 2.74. The Morgan fingerprint density at radius 1 is 1.10 bits per heavy atom. The average molecular weight is 307 g/mol. The quantitative estimate of drug-likeness (QED) is 0.698. The average Bonchev–Trinajstić information content (AvgIpc) is 2.47. The molecule has 0 aliphatic rings. The molecule has 2 rings (SSSR count). The zero-order valence-electron chi connectivity index (χ0n) is 12.4. The fraction of sp³-hybridized carbons (Fsp3) is 0.333. The minimum absolute atomic E-state index is 0.278. The lowest BCUT2D eigenvalue weighted by Crippen LogP contribution is -2.10. The summed E-state index contributed by atoms with van der Waals surface area (Å²) in [4.78, 5) is 0. The summed E-state index contributed by atoms with van der Waals surface area (Å²) < 4.78 is 18.7. The van der Waals surface area contributed by atoms with Crippen LogP contribution >= 0.6 is 11.6 Å². The Morgan fingerprint density at radius 2 is 1.81 bits per heavy atom. The largest absolute Gasteiger partial charge is 0.494 e. The van der Waals surface area contributed by atoms with Crippen molar-refractivity contribution >= 4 is 11.6 Å². The third kappa shape index (κ3) is 4.47. The Balaban J connectivity index is 2.07. The van der Waals surface area contributed by atoms with E-state index in [0.717, 1.165) is 18.4 Å². The second-order valence-electron chi connectivity index (χ2n) is 5.39. The topological polar surface area (TPSA) is 9.23 Å². The number of aryl methyl sites for hydroxylation is 1. The van der Waals surface area contributed by atoms with Gasteiger partial charge in [-0.3, -0.25) is 0 Å². The second-order valence-corrected chi connectivity index (χ2v) is 5.70. The number of ether oxygens (including phenoxy) is 1. The lowest BCUT2D eigenvalue weighted by Gasteiger charge is -2.15. The minimum atomic E-state index is -0.320. The van der Waals surface area contributed by atoms with E-state index in [2.05, 4.69) is 31.2 Å². The molecular weight excluding hydrogens is 287 g/mol. The molecule has 1 nitrogen and oxygen atoms in total. The zero-order valence-corrected chi connectivity index (χ0v) is 13.2. The number of methoxy groups -OCH3 is 1. The summed E-state index contributed by atoms with van der Waals surface area (Å²) in [6.07, 6.45) is 1.66. The molecule has 0 fully saturated rings. The van der Waals surface area contributed by atoms with Crippen molar-refractivity contribution in [2.45, 2.75) is 19.8 Å². The second kappa shape index (κ2) is 7.46. The van der Waals surface area contributed by atoms with Gasteiger partial charge in [0.25, 0.3) is 0 Å². The zero-order chi connectivity index (χ0) is 15.2. The van der Waals surface area contributed by atoms with Gasteiger partial charge in [-0.1, -0.05) is 35.9 Å². The number of halogens is 2. The lowest BCUT2D eigenvalue weighted by molar-refractivity contribution is 0.386. The summed E-state index contributed by atoms with van der Waals surface area (Å²) in [5.74, 6) is 0.807. The van der Waals surface area contributed by atoms with E-state index in [-0.39, 0.29) is 11.6 Å². The van der Waals surface area contributed by atoms with Gasteiger partial charge >= 0.3 is 0 Å². The molecule has 0 radical (unpaired) electrons. The molecule has 0 N–H and O–H groups in total. The predicted molar refractivity (Wildman–Crippen MR) is 85.7 cm³/mol. The van der Waals surface area contributed by atoms with Crippen molar-refractivity contribution in [3.05, 3.63) is 65.0 Å². The minimum Gasteiger partial charge on any atom is -0.494 e. The van der Waals surface area contributed by atoms with Crippen molar-refractivity contribution in [3.63, 3.8) is 0 Å². The van der Waals surface area contributed by atoms with Crippen LogP contribution in [-0.4, -0.2) is 13.0 Å². The molecule has 112 valence electrons. The molecule has 1 atom stereocenters. The smallest absolute Gasteiger partial charge is 0.165 e. The number of alkyl halides is 1. The molecule has 0 spiro atoms. The van der Waals surface area contributed by atoms with E-state index in [1.54, 1.807) is 6.07 Å². The van der Waals surface area contributed by atoms with Gasteiger partial charge < -0.3 is 4.74 Å². The van der Waals surface area contributed by atoms with E-state index in [1.165, 1.54) is 24.3 Å². The molecule has 0 aliphatic carbocycles. The van der Waals surface area contributed by atoms with Gasteiger partial charge in [-0.15, -0.1) is 11.6 Å². The van der Waals surface area contributed by atoms with Gasteiger partial charge in [0.15, 0.2) is 11.6 Å². The lowest BCUT2D eigenvalue weighted by atomic mass is 9.93. The summed E-state index contributed by atoms with van der Waals surface area (Å²) in [7, 11) is 1.47. The summed E-state index contributed by atoms with van der Waals surface area (Å²) in [5.41, 5.74) is 3.47. The maximum atomic E-state index is 13.7. The number of hydrogen-bond donors (Lipinski definition) is 0. The van der Waals surface area contributed by atoms with Crippen LogP contribution in [0.2, 0.25) is 0 Å². The van der Waals surface area contributed by atoms with Crippen molar-refractivity contribution in [1.82, 2.24) is 0 Å². The van der Waals surface area contributed by atoms with Crippen LogP contribution in [0, 0.1) is 18.7 Å². The Morgan fingerprint density at radius 3 is 2.38 bits per heavy atom. The molecule has 0 aliphatic heterocycles. The standard InChI is InChI=1S/C18H20ClFO/c1-13-4-3-5-14(8-13)9-16(12-19)10-15-6-7-18(21-2)17(20)11-15/h3-8,11,16H,9-10,12H2,1-2H3. The van der Waals surface area contributed by atoms with Crippen LogP contribution in [0.3, 0.4) is 0 Å². The van der Waals surface area contributed by atoms with E-state index in [4.69, 9.17) is 16.3 Å². The Hall–Kier alpha value is -1.54. The molecule has 0 amide bonds. The van der Waals surface area contributed by atoms with Gasteiger partial charge in [-0.05, 0) is 48.9 Å². The molecule has 0 saturated heterocycles. The molecule has 1 unspecified atom stereocenters. The molecular formula is C18H20ClFO. The first-order chi connectivity index (χ1) is 10.1. The predicted octanol–water partition coefficient (Wildman–Crippen LogP) is 4.78. The summed E-state index contributed by atoms with van der Waals surface area (Å²) in [6, 6.07) is 13.5. The van der Waals surface area contributed by atoms with E-state index < -0.39 is 0 Å². The summed E-state index contributed by atoms with van der Waals surface area (Å²) >= 11 is 6.09. The maximum absolute atomic E-state index is 13.7. The van der Waals surface area contributed by atoms with Crippen LogP contribution in [-0.2, 0) is 12.8 Å². The van der Waals surface area contributed by atoms with Crippen molar-refractivity contribution in [2.75, 3.05) is 13.0 Å². The van der Waals surface area contributed by atoms with Gasteiger partial charge in [-0.25, -0.2) is 4.39 Å². The highest BCUT2D eigenvalue weighted by atomic mass is 35.5. The first-order valence-corrected chi connectivity index (χ1v) is 7.59. The van der Waals surface area contributed by atoms with Gasteiger partial charge in [0, 0.05) is 5.88 Å². The highest BCUT2D eigenvalue weighted by Crippen LogP contribution is 2.22. The molecule has 2 aromatic rings. The van der Waals surface area contributed by atoms with Crippen LogP contribution in [0.15, 0.2) is 42.5 Å². The van der Waals surface area contributed by atoms with Gasteiger partial charge in [0.2, 0.25) is 0 Å². The number of hydrogen-bond acceptors (Lipinski definition) is 1. The molecule has 0 heterocycles. The van der Waals surface area contributed by atoms with E-state index in [9.17, 15) is 4.39 Å². The molecule has 3 heteroatoms. The fourth-order valence-electron chi connectivity index (χ4n) is 2.52. The van der Waals surface area contributed by atoms with Crippen LogP contribution in [0.25, 0.3) is 0 Å². The van der Waals surface area contributed by atoms with Crippen molar-refractivity contribution in [3.8, 4) is 5.75 Å². The number of benzene rings is 2. The first kappa shape index (κ1) is 15.8. The molecule has 0 aromatic heterocycles. The Labute approximate surface area is 130 Å². The van der Waals surface area contributed by atoms with Gasteiger partial charge in [0.05, 0.1) is 7.11 Å². The van der Waals surface area contributed by atoms with E-state index in [0.29, 0.717) is 11.8 Å². The van der Waals surface area contributed by atoms with Crippen molar-refractivity contribution in [2.24, 2.45) is 5.92 Å². The monoisotopic (exact) mass is 306 g/mol. The third-order valence-corrected chi connectivity index (χ3v) is 4.00. The molecule has 2 aromatic carbocycles. The maximum Gasteiger partial charge on any atom is 0.165 e. The van der Waals surface area contributed by atoms with Crippen molar-refractivity contribution in [1.29, 1.82) is 0 Å². The summed E-state index contributed by atoms with van der Waals surface area (Å²) in [5, 5.41) is 0. The highest BCUT2D eigenvalue weighted by molar-refractivity contribution is 6.18. The van der Waals surface area contributed by atoms with E-state index in [1.807, 2.05) is 6.07 Å². The highest BCUT2D eigenvalue weighted by Gasteiger charge is 2.12. The molecule has 0 saturated carbocycles. The van der Waals surface area contributed by atoms with Gasteiger partial charge in [-0.2, -0.15) is 0 Å². The Kier molecular flexibility index (Phi) is 5.63. The summed E-state index contributed by atoms with van der Waals surface area (Å²) in [6.45, 7) is 2.08. The molecule has 21 heavy (non-hydrogen) atoms. The van der Waals surface area contributed by atoms with Gasteiger partial charge in [0.1, 0.15) is 0 Å². The first-order valence-electron chi connectivity index (χ1n) is 7.06. The normalized spacial score (nSPS) is 12.2. The number of rotatable bonds is 6. The Bertz CT molecular complexity index is 598. The molecule has 0 bridgehead atoms. The van der Waals surface area contributed by atoms with Crippen LogP contribution in [0.4, 0.5) is 4.39 Å². The van der Waals surface area contributed by atoms with Crippen LogP contribution in [0.1, 0.15) is 16.7 Å². The van der Waals surface area contributed by atoms with Crippen molar-refractivity contribution < 1.29 is 9.13 Å². The van der Waals surface area contributed by atoms with Crippen LogP contribution in [0.5, 0.6) is 5.75 Å². The SMILES string of the molecule is COc1ccc(CC(CCl)Cc2cccc(C)c2)cc1F. The third-order valence-electron chi connectivity index (χ3n) is 3.57. The van der Waals surface area contributed by atoms with E-state index >= 15 is 0 Å².